The van der Waals surface area contributed by atoms with Crippen LogP contribution >= 0.6 is 24.8 Å². The number of fused-ring (bicyclic) bond motifs is 1. The number of nitrogens with zero attached hydrogens (tertiary/aromatic N) is 1. The second-order valence-corrected chi connectivity index (χ2v) is 5.80. The lowest BCUT2D eigenvalue weighted by Crippen LogP contribution is -2.53. The van der Waals surface area contributed by atoms with Gasteiger partial charge in [-0.2, -0.15) is 0 Å². The topological polar surface area (TPSA) is 81.2 Å². The molecule has 2 aromatic rings. The fraction of sp³-hybridized carbons (Fsp3) is 0.467. The molecule has 0 bridgehead atoms. The predicted octanol–water partition coefficient (Wildman–Crippen LogP) is 2.84. The summed E-state index contributed by atoms with van der Waals surface area (Å²) >= 11 is 0. The zero-order valence-electron chi connectivity index (χ0n) is 12.6. The van der Waals surface area contributed by atoms with Gasteiger partial charge in [0.15, 0.2) is 11.3 Å². The number of nitrogens with one attached hydrogen (secondary N) is 1. The molecular formula is C15H21Cl2N3O2. The van der Waals surface area contributed by atoms with Crippen LogP contribution in [0.5, 0.6) is 0 Å². The maximum absolute atomic E-state index is 12.3. The Bertz CT molecular complexity index is 670. The molecule has 22 heavy (non-hydrogen) atoms. The number of aryl methyl sites for hydroxylation is 1. The minimum atomic E-state index is -0.348. The molecule has 122 valence electrons. The van der Waals surface area contributed by atoms with Crippen LogP contribution in [0, 0.1) is 12.8 Å². The molecule has 1 saturated carbocycles. The molecule has 7 heteroatoms. The molecule has 2 heterocycles. The number of rotatable bonds is 4. The molecule has 2 aromatic heterocycles. The summed E-state index contributed by atoms with van der Waals surface area (Å²) in [5, 5.41) is 3.01. The molecule has 0 radical (unpaired) electrons. The third-order valence-electron chi connectivity index (χ3n) is 4.04. The molecule has 0 spiro atoms. The van der Waals surface area contributed by atoms with Crippen LogP contribution in [-0.4, -0.2) is 23.0 Å². The Morgan fingerprint density at radius 2 is 2.14 bits per heavy atom. The lowest BCUT2D eigenvalue weighted by Gasteiger charge is -2.28. The quantitative estimate of drug-likeness (QED) is 0.892. The molecule has 1 aliphatic rings. The van der Waals surface area contributed by atoms with Gasteiger partial charge in [0.05, 0.1) is 5.54 Å². The van der Waals surface area contributed by atoms with E-state index >= 15 is 0 Å². The highest BCUT2D eigenvalue weighted by Gasteiger charge is 2.42. The van der Waals surface area contributed by atoms with Gasteiger partial charge in [0.25, 0.3) is 5.91 Å². The van der Waals surface area contributed by atoms with Gasteiger partial charge in [-0.1, -0.05) is 0 Å². The van der Waals surface area contributed by atoms with Gasteiger partial charge in [-0.15, -0.1) is 24.8 Å². The average molecular weight is 346 g/mol. The molecule has 1 unspecified atom stereocenters. The Morgan fingerprint density at radius 3 is 2.73 bits per heavy atom. The van der Waals surface area contributed by atoms with E-state index < -0.39 is 0 Å². The SMILES string of the molecule is Cc1ccc2oc(C(=O)NC(C)(CN)C3CC3)cc2n1.Cl.Cl. The van der Waals surface area contributed by atoms with Crippen LogP contribution in [0.15, 0.2) is 22.6 Å². The number of carbonyl (C=O) groups is 1. The molecule has 1 amide bonds. The number of aromatic nitrogens is 1. The first-order chi connectivity index (χ1) is 9.51. The zero-order valence-corrected chi connectivity index (χ0v) is 14.2. The van der Waals surface area contributed by atoms with Crippen LogP contribution in [0.25, 0.3) is 11.1 Å². The van der Waals surface area contributed by atoms with E-state index in [4.69, 9.17) is 10.2 Å². The Morgan fingerprint density at radius 1 is 1.45 bits per heavy atom. The van der Waals surface area contributed by atoms with Crippen molar-refractivity contribution in [2.24, 2.45) is 11.7 Å². The first-order valence-electron chi connectivity index (χ1n) is 6.91. The maximum Gasteiger partial charge on any atom is 0.287 e. The minimum absolute atomic E-state index is 0. The third-order valence-corrected chi connectivity index (χ3v) is 4.04. The molecule has 3 N–H and O–H groups in total. The maximum atomic E-state index is 12.3. The Balaban J connectivity index is 0.00000121. The van der Waals surface area contributed by atoms with Crippen molar-refractivity contribution in [1.29, 1.82) is 0 Å². The number of hydrogen-bond donors (Lipinski definition) is 2. The summed E-state index contributed by atoms with van der Waals surface area (Å²) in [6.07, 6.45) is 2.24. The molecular weight excluding hydrogens is 325 g/mol. The standard InChI is InChI=1S/C15H19N3O2.2ClH/c1-9-3-6-12-11(17-9)7-13(20-12)14(19)18-15(2,8-16)10-4-5-10;;/h3,6-7,10H,4-5,8,16H2,1-2H3,(H,18,19);2*1H. The smallest absolute Gasteiger partial charge is 0.287 e. The van der Waals surface area contributed by atoms with E-state index in [1.165, 1.54) is 0 Å². The summed E-state index contributed by atoms with van der Waals surface area (Å²) < 4.78 is 5.56. The highest BCUT2D eigenvalue weighted by atomic mass is 35.5. The molecule has 3 rings (SSSR count). The number of amides is 1. The van der Waals surface area contributed by atoms with Gasteiger partial charge < -0.3 is 15.5 Å². The molecule has 5 nitrogen and oxygen atoms in total. The van der Waals surface area contributed by atoms with Gasteiger partial charge in [0.2, 0.25) is 0 Å². The molecule has 1 aliphatic carbocycles. The molecule has 0 aliphatic heterocycles. The Hall–Kier alpha value is -1.30. The van der Waals surface area contributed by atoms with Gasteiger partial charge in [-0.05, 0) is 44.7 Å². The number of pyridine rings is 1. The van der Waals surface area contributed by atoms with Crippen molar-refractivity contribution in [3.8, 4) is 0 Å². The first-order valence-corrected chi connectivity index (χ1v) is 6.91. The summed E-state index contributed by atoms with van der Waals surface area (Å²) in [5.41, 5.74) is 7.69. The summed E-state index contributed by atoms with van der Waals surface area (Å²) in [5.74, 6) is 0.542. The largest absolute Gasteiger partial charge is 0.449 e. The van der Waals surface area contributed by atoms with E-state index in [0.717, 1.165) is 18.5 Å². The highest BCUT2D eigenvalue weighted by Crippen LogP contribution is 2.39. The van der Waals surface area contributed by atoms with E-state index in [9.17, 15) is 4.79 Å². The molecule has 0 saturated heterocycles. The van der Waals surface area contributed by atoms with Crippen molar-refractivity contribution < 1.29 is 9.21 Å². The summed E-state index contributed by atoms with van der Waals surface area (Å²) in [4.78, 5) is 16.7. The van der Waals surface area contributed by atoms with Crippen molar-refractivity contribution >= 4 is 41.8 Å². The van der Waals surface area contributed by atoms with Gasteiger partial charge in [0.1, 0.15) is 5.52 Å². The molecule has 0 aromatic carbocycles. The monoisotopic (exact) mass is 345 g/mol. The van der Waals surface area contributed by atoms with Crippen molar-refractivity contribution in [2.45, 2.75) is 32.2 Å². The van der Waals surface area contributed by atoms with Crippen molar-refractivity contribution in [3.05, 3.63) is 29.7 Å². The number of furan rings is 1. The number of hydrogen-bond acceptors (Lipinski definition) is 4. The van der Waals surface area contributed by atoms with E-state index in [-0.39, 0.29) is 36.3 Å². The fourth-order valence-corrected chi connectivity index (χ4v) is 2.50. The van der Waals surface area contributed by atoms with Crippen LogP contribution in [0.1, 0.15) is 36.0 Å². The van der Waals surface area contributed by atoms with E-state index in [2.05, 4.69) is 10.3 Å². The Kier molecular flexibility index (Phi) is 5.84. The van der Waals surface area contributed by atoms with E-state index in [0.29, 0.717) is 29.3 Å². The van der Waals surface area contributed by atoms with Gasteiger partial charge >= 0.3 is 0 Å². The van der Waals surface area contributed by atoms with Crippen LogP contribution in [0.2, 0.25) is 0 Å². The van der Waals surface area contributed by atoms with Crippen LogP contribution < -0.4 is 11.1 Å². The van der Waals surface area contributed by atoms with Crippen LogP contribution in [0.4, 0.5) is 0 Å². The second kappa shape index (κ2) is 6.86. The lowest BCUT2D eigenvalue weighted by atomic mass is 9.96. The van der Waals surface area contributed by atoms with E-state index in [1.807, 2.05) is 26.0 Å². The fourth-order valence-electron chi connectivity index (χ4n) is 2.50. The van der Waals surface area contributed by atoms with Gasteiger partial charge in [0, 0.05) is 18.3 Å². The Labute approximate surface area is 141 Å². The van der Waals surface area contributed by atoms with Gasteiger partial charge in [-0.3, -0.25) is 4.79 Å². The second-order valence-electron chi connectivity index (χ2n) is 5.80. The molecule has 1 fully saturated rings. The number of halogens is 2. The zero-order chi connectivity index (χ0) is 14.3. The lowest BCUT2D eigenvalue weighted by molar-refractivity contribution is 0.0871. The summed E-state index contributed by atoms with van der Waals surface area (Å²) in [6.45, 7) is 4.33. The van der Waals surface area contributed by atoms with Crippen molar-refractivity contribution in [1.82, 2.24) is 10.3 Å². The third kappa shape index (κ3) is 3.54. The normalized spacial score (nSPS) is 16.3. The first kappa shape index (κ1) is 18.7. The molecule has 1 atom stereocenters. The van der Waals surface area contributed by atoms with E-state index in [1.54, 1.807) is 6.07 Å². The number of nitrogens with two attached hydrogens (primary N) is 1. The average Bonchev–Trinajstić information content (AvgIpc) is 3.19. The van der Waals surface area contributed by atoms with Crippen LogP contribution in [-0.2, 0) is 0 Å². The van der Waals surface area contributed by atoms with Crippen molar-refractivity contribution in [2.75, 3.05) is 6.54 Å². The minimum Gasteiger partial charge on any atom is -0.449 e. The predicted molar refractivity (Wildman–Crippen MR) is 90.9 cm³/mol. The summed E-state index contributed by atoms with van der Waals surface area (Å²) in [6, 6.07) is 5.38. The highest BCUT2D eigenvalue weighted by molar-refractivity contribution is 5.95. The van der Waals surface area contributed by atoms with Crippen LogP contribution in [0.3, 0.4) is 0 Å². The number of carbonyl (C=O) groups excluding carboxylic acids is 1. The van der Waals surface area contributed by atoms with Crippen molar-refractivity contribution in [3.63, 3.8) is 0 Å². The summed E-state index contributed by atoms with van der Waals surface area (Å²) in [7, 11) is 0. The van der Waals surface area contributed by atoms with Gasteiger partial charge in [-0.25, -0.2) is 4.98 Å².